The SMILES string of the molecule is O=Cc1ccc(-c2ccc3[nH]c(=S)oc3c2)o1. The first-order valence-corrected chi connectivity index (χ1v) is 5.35. The van der Waals surface area contributed by atoms with Crippen LogP contribution in [-0.2, 0) is 0 Å². The van der Waals surface area contributed by atoms with Crippen LogP contribution in [0.1, 0.15) is 10.6 Å². The van der Waals surface area contributed by atoms with Crippen molar-refractivity contribution in [2.75, 3.05) is 0 Å². The number of nitrogens with one attached hydrogen (secondary N) is 1. The van der Waals surface area contributed by atoms with Gasteiger partial charge in [0.15, 0.2) is 17.6 Å². The number of carbonyl (C=O) groups excluding carboxylic acids is 1. The predicted molar refractivity (Wildman–Crippen MR) is 64.5 cm³/mol. The third kappa shape index (κ3) is 1.70. The number of aromatic nitrogens is 1. The molecule has 84 valence electrons. The van der Waals surface area contributed by atoms with Gasteiger partial charge in [0.25, 0.3) is 4.84 Å². The molecule has 0 amide bonds. The summed E-state index contributed by atoms with van der Waals surface area (Å²) in [5.41, 5.74) is 2.33. The van der Waals surface area contributed by atoms with Crippen molar-refractivity contribution in [3.8, 4) is 11.3 Å². The highest BCUT2D eigenvalue weighted by Gasteiger charge is 2.06. The Morgan fingerprint density at radius 1 is 1.18 bits per heavy atom. The van der Waals surface area contributed by atoms with E-state index >= 15 is 0 Å². The summed E-state index contributed by atoms with van der Waals surface area (Å²) in [6.07, 6.45) is 0.671. The molecule has 0 radical (unpaired) electrons. The minimum Gasteiger partial charge on any atom is -0.453 e. The van der Waals surface area contributed by atoms with E-state index in [0.29, 0.717) is 28.2 Å². The van der Waals surface area contributed by atoms with Gasteiger partial charge in [-0.25, -0.2) is 0 Å². The van der Waals surface area contributed by atoms with Crippen LogP contribution in [0, 0.1) is 4.84 Å². The predicted octanol–water partition coefficient (Wildman–Crippen LogP) is 3.56. The Kier molecular flexibility index (Phi) is 2.19. The number of aromatic amines is 1. The highest BCUT2D eigenvalue weighted by atomic mass is 32.1. The molecule has 0 aliphatic rings. The van der Waals surface area contributed by atoms with Gasteiger partial charge in [0.1, 0.15) is 5.76 Å². The Labute approximate surface area is 101 Å². The highest BCUT2D eigenvalue weighted by molar-refractivity contribution is 7.71. The van der Waals surface area contributed by atoms with Crippen LogP contribution in [0.4, 0.5) is 0 Å². The van der Waals surface area contributed by atoms with Gasteiger partial charge in [0.2, 0.25) is 0 Å². The van der Waals surface area contributed by atoms with E-state index in [0.717, 1.165) is 11.1 Å². The molecule has 0 fully saturated rings. The van der Waals surface area contributed by atoms with Crippen LogP contribution in [-0.4, -0.2) is 11.3 Å². The number of hydrogen-bond acceptors (Lipinski definition) is 4. The number of hydrogen-bond donors (Lipinski definition) is 1. The van der Waals surface area contributed by atoms with Gasteiger partial charge < -0.3 is 13.8 Å². The van der Waals surface area contributed by atoms with Gasteiger partial charge in [-0.2, -0.15) is 0 Å². The minimum atomic E-state index is 0.301. The van der Waals surface area contributed by atoms with E-state index < -0.39 is 0 Å². The number of H-pyrrole nitrogens is 1. The largest absolute Gasteiger partial charge is 0.453 e. The Hall–Kier alpha value is -2.14. The van der Waals surface area contributed by atoms with Crippen LogP contribution in [0.25, 0.3) is 22.4 Å². The average molecular weight is 245 g/mol. The summed E-state index contributed by atoms with van der Waals surface area (Å²) >= 11 is 4.90. The number of rotatable bonds is 2. The van der Waals surface area contributed by atoms with Crippen LogP contribution in [0.15, 0.2) is 39.2 Å². The summed E-state index contributed by atoms with van der Waals surface area (Å²) in [6, 6.07) is 8.91. The zero-order valence-electron chi connectivity index (χ0n) is 8.60. The lowest BCUT2D eigenvalue weighted by molar-refractivity contribution is 0.110. The van der Waals surface area contributed by atoms with Crippen molar-refractivity contribution in [3.63, 3.8) is 0 Å². The van der Waals surface area contributed by atoms with E-state index in [-0.39, 0.29) is 0 Å². The van der Waals surface area contributed by atoms with Gasteiger partial charge in [-0.3, -0.25) is 4.79 Å². The average Bonchev–Trinajstić information content (AvgIpc) is 2.92. The van der Waals surface area contributed by atoms with Crippen molar-refractivity contribution in [2.24, 2.45) is 0 Å². The molecule has 0 bridgehead atoms. The second kappa shape index (κ2) is 3.71. The highest BCUT2D eigenvalue weighted by Crippen LogP contribution is 2.25. The van der Waals surface area contributed by atoms with Gasteiger partial charge in [0, 0.05) is 5.56 Å². The Morgan fingerprint density at radius 3 is 2.82 bits per heavy atom. The Balaban J connectivity index is 2.16. The van der Waals surface area contributed by atoms with Gasteiger partial charge in [-0.15, -0.1) is 0 Å². The third-order valence-electron chi connectivity index (χ3n) is 2.45. The molecule has 0 saturated carbocycles. The lowest BCUT2D eigenvalue weighted by atomic mass is 10.1. The van der Waals surface area contributed by atoms with Crippen molar-refractivity contribution in [2.45, 2.75) is 0 Å². The van der Waals surface area contributed by atoms with Crippen LogP contribution in [0.2, 0.25) is 0 Å². The number of benzene rings is 1. The van der Waals surface area contributed by atoms with E-state index in [1.165, 1.54) is 0 Å². The van der Waals surface area contributed by atoms with Gasteiger partial charge in [-0.05, 0) is 42.5 Å². The lowest BCUT2D eigenvalue weighted by Gasteiger charge is -1.95. The fraction of sp³-hybridized carbons (Fsp3) is 0. The van der Waals surface area contributed by atoms with Crippen molar-refractivity contribution < 1.29 is 13.6 Å². The second-order valence-corrected chi connectivity index (χ2v) is 3.92. The molecule has 0 atom stereocenters. The van der Waals surface area contributed by atoms with E-state index in [1.54, 1.807) is 12.1 Å². The standard InChI is InChI=1S/C12H7NO3S/c14-6-8-2-4-10(15-8)7-1-3-9-11(5-7)16-12(17)13-9/h1-6H,(H,13,17). The summed E-state index contributed by atoms with van der Waals surface area (Å²) in [5.74, 6) is 0.923. The zero-order valence-corrected chi connectivity index (χ0v) is 9.41. The van der Waals surface area contributed by atoms with E-state index in [9.17, 15) is 4.79 Å². The quantitative estimate of drug-likeness (QED) is 0.554. The van der Waals surface area contributed by atoms with E-state index in [2.05, 4.69) is 4.98 Å². The van der Waals surface area contributed by atoms with Crippen LogP contribution in [0.3, 0.4) is 0 Å². The molecule has 5 heteroatoms. The Morgan fingerprint density at radius 2 is 2.06 bits per heavy atom. The molecular weight excluding hydrogens is 238 g/mol. The molecule has 0 saturated heterocycles. The van der Waals surface area contributed by atoms with Crippen LogP contribution in [0.5, 0.6) is 0 Å². The van der Waals surface area contributed by atoms with Crippen molar-refractivity contribution in [1.82, 2.24) is 4.98 Å². The number of furan rings is 1. The summed E-state index contributed by atoms with van der Waals surface area (Å²) < 4.78 is 10.6. The third-order valence-corrected chi connectivity index (χ3v) is 2.63. The summed E-state index contributed by atoms with van der Waals surface area (Å²) in [6.45, 7) is 0. The normalized spacial score (nSPS) is 10.8. The molecule has 0 unspecified atom stereocenters. The maximum absolute atomic E-state index is 10.5. The number of aldehydes is 1. The molecule has 4 nitrogen and oxygen atoms in total. The van der Waals surface area contributed by atoms with Gasteiger partial charge in [-0.1, -0.05) is 0 Å². The lowest BCUT2D eigenvalue weighted by Crippen LogP contribution is -1.74. The molecule has 3 rings (SSSR count). The maximum atomic E-state index is 10.5. The number of oxazole rings is 1. The van der Waals surface area contributed by atoms with Gasteiger partial charge >= 0.3 is 0 Å². The molecule has 0 spiro atoms. The van der Waals surface area contributed by atoms with Gasteiger partial charge in [0.05, 0.1) is 5.52 Å². The van der Waals surface area contributed by atoms with Crippen molar-refractivity contribution in [3.05, 3.63) is 40.9 Å². The van der Waals surface area contributed by atoms with E-state index in [1.807, 2.05) is 18.2 Å². The molecule has 2 aromatic heterocycles. The first kappa shape index (κ1) is 10.0. The monoisotopic (exact) mass is 245 g/mol. The second-order valence-electron chi connectivity index (χ2n) is 3.55. The zero-order chi connectivity index (χ0) is 11.8. The summed E-state index contributed by atoms with van der Waals surface area (Å²) in [7, 11) is 0. The minimum absolute atomic E-state index is 0.301. The maximum Gasteiger partial charge on any atom is 0.266 e. The molecule has 3 aromatic rings. The molecule has 1 aromatic carbocycles. The summed E-state index contributed by atoms with van der Waals surface area (Å²) in [4.78, 5) is 13.8. The van der Waals surface area contributed by atoms with Crippen LogP contribution < -0.4 is 0 Å². The molecule has 1 N–H and O–H groups in total. The van der Waals surface area contributed by atoms with Crippen molar-refractivity contribution >= 4 is 29.6 Å². The molecule has 2 heterocycles. The number of carbonyl (C=O) groups is 1. The first-order chi connectivity index (χ1) is 8.26. The fourth-order valence-electron chi connectivity index (χ4n) is 1.67. The van der Waals surface area contributed by atoms with Crippen LogP contribution >= 0.6 is 12.2 Å². The fourth-order valence-corrected chi connectivity index (χ4v) is 1.87. The molecule has 0 aliphatic heterocycles. The molecule has 17 heavy (non-hydrogen) atoms. The molecular formula is C12H7NO3S. The Bertz CT molecular complexity index is 750. The molecule has 0 aliphatic carbocycles. The topological polar surface area (TPSA) is 59.1 Å². The van der Waals surface area contributed by atoms with Crippen molar-refractivity contribution in [1.29, 1.82) is 0 Å². The van der Waals surface area contributed by atoms with E-state index in [4.69, 9.17) is 21.1 Å². The smallest absolute Gasteiger partial charge is 0.266 e. The summed E-state index contributed by atoms with van der Waals surface area (Å²) in [5, 5.41) is 0. The first-order valence-electron chi connectivity index (χ1n) is 4.94. The number of fused-ring (bicyclic) bond motifs is 1.